The number of allylic oxidation sites excluding steroid dienone is 2. The van der Waals surface area contributed by atoms with Gasteiger partial charge in [-0.05, 0) is 72.9 Å². The van der Waals surface area contributed by atoms with Gasteiger partial charge in [0.2, 0.25) is 0 Å². The summed E-state index contributed by atoms with van der Waals surface area (Å²) < 4.78 is 10.8. The molecule has 0 saturated carbocycles. The van der Waals surface area contributed by atoms with E-state index < -0.39 is 0 Å². The van der Waals surface area contributed by atoms with Crippen molar-refractivity contribution in [3.8, 4) is 11.5 Å². The average molecular weight is 441 g/mol. The Morgan fingerprint density at radius 1 is 1.03 bits per heavy atom. The SMILES string of the molecule is CCOc1ccc(NC(=O)c2cccc3c2NC(c2ccc(OC)cc2)C2CC=CC32)cc1. The van der Waals surface area contributed by atoms with E-state index in [9.17, 15) is 4.79 Å². The summed E-state index contributed by atoms with van der Waals surface area (Å²) in [5.41, 5.74) is 4.68. The van der Waals surface area contributed by atoms with Gasteiger partial charge in [-0.3, -0.25) is 4.79 Å². The first kappa shape index (κ1) is 21.1. The number of carbonyl (C=O) groups is 1. The zero-order chi connectivity index (χ0) is 22.8. The number of benzene rings is 3. The predicted molar refractivity (Wildman–Crippen MR) is 131 cm³/mol. The van der Waals surface area contributed by atoms with Crippen molar-refractivity contribution in [3.05, 3.63) is 95.6 Å². The Bertz CT molecular complexity index is 1170. The molecule has 3 atom stereocenters. The Labute approximate surface area is 194 Å². The van der Waals surface area contributed by atoms with Crippen LogP contribution in [0.2, 0.25) is 0 Å². The molecule has 0 bridgehead atoms. The van der Waals surface area contributed by atoms with Crippen molar-refractivity contribution >= 4 is 17.3 Å². The highest BCUT2D eigenvalue weighted by Crippen LogP contribution is 2.50. The van der Waals surface area contributed by atoms with Gasteiger partial charge in [0.05, 0.1) is 31.0 Å². The van der Waals surface area contributed by atoms with Gasteiger partial charge < -0.3 is 20.1 Å². The topological polar surface area (TPSA) is 59.6 Å². The molecular weight excluding hydrogens is 412 g/mol. The molecule has 3 aromatic carbocycles. The minimum Gasteiger partial charge on any atom is -0.497 e. The lowest BCUT2D eigenvalue weighted by Crippen LogP contribution is -2.30. The lowest BCUT2D eigenvalue weighted by atomic mass is 9.76. The lowest BCUT2D eigenvalue weighted by molar-refractivity contribution is 0.102. The zero-order valence-electron chi connectivity index (χ0n) is 18.9. The summed E-state index contributed by atoms with van der Waals surface area (Å²) in [5, 5.41) is 6.76. The van der Waals surface area contributed by atoms with Gasteiger partial charge in [0, 0.05) is 11.6 Å². The largest absolute Gasteiger partial charge is 0.497 e. The molecule has 1 aliphatic heterocycles. The van der Waals surface area contributed by atoms with Gasteiger partial charge in [0.25, 0.3) is 5.91 Å². The van der Waals surface area contributed by atoms with Crippen LogP contribution in [0.3, 0.4) is 0 Å². The molecule has 168 valence electrons. The molecule has 0 fully saturated rings. The number of fused-ring (bicyclic) bond motifs is 3. The van der Waals surface area contributed by atoms with E-state index in [0.29, 0.717) is 18.1 Å². The first-order chi connectivity index (χ1) is 16.2. The second kappa shape index (κ2) is 9.02. The molecular formula is C28H28N2O3. The highest BCUT2D eigenvalue weighted by molar-refractivity contribution is 6.08. The van der Waals surface area contributed by atoms with Gasteiger partial charge in [-0.1, -0.05) is 36.4 Å². The number of carbonyl (C=O) groups excluding carboxylic acids is 1. The Hall–Kier alpha value is -3.73. The quantitative estimate of drug-likeness (QED) is 0.450. The van der Waals surface area contributed by atoms with Gasteiger partial charge >= 0.3 is 0 Å². The number of ether oxygens (including phenoxy) is 2. The molecule has 3 aromatic rings. The summed E-state index contributed by atoms with van der Waals surface area (Å²) >= 11 is 0. The second-order valence-electron chi connectivity index (χ2n) is 8.43. The third kappa shape index (κ3) is 4.07. The van der Waals surface area contributed by atoms with Crippen molar-refractivity contribution < 1.29 is 14.3 Å². The van der Waals surface area contributed by atoms with E-state index in [2.05, 4.69) is 41.0 Å². The monoisotopic (exact) mass is 440 g/mol. The Morgan fingerprint density at radius 2 is 1.79 bits per heavy atom. The van der Waals surface area contributed by atoms with Crippen LogP contribution in [0.5, 0.6) is 11.5 Å². The zero-order valence-corrected chi connectivity index (χ0v) is 18.9. The molecule has 3 unspecified atom stereocenters. The van der Waals surface area contributed by atoms with E-state index in [1.54, 1.807) is 7.11 Å². The minimum atomic E-state index is -0.127. The second-order valence-corrected chi connectivity index (χ2v) is 8.43. The van der Waals surface area contributed by atoms with Gasteiger partial charge in [0.1, 0.15) is 11.5 Å². The van der Waals surface area contributed by atoms with Crippen LogP contribution in [0.1, 0.15) is 46.8 Å². The maximum Gasteiger partial charge on any atom is 0.257 e. The third-order valence-electron chi connectivity index (χ3n) is 6.54. The molecule has 5 rings (SSSR count). The molecule has 1 aliphatic carbocycles. The lowest BCUT2D eigenvalue weighted by Gasteiger charge is -2.38. The minimum absolute atomic E-state index is 0.114. The molecule has 1 heterocycles. The van der Waals surface area contributed by atoms with Crippen LogP contribution in [0.15, 0.2) is 78.9 Å². The van der Waals surface area contributed by atoms with Crippen LogP contribution in [0.4, 0.5) is 11.4 Å². The number of para-hydroxylation sites is 1. The fourth-order valence-electron chi connectivity index (χ4n) is 4.95. The Morgan fingerprint density at radius 3 is 2.52 bits per heavy atom. The summed E-state index contributed by atoms with van der Waals surface area (Å²) in [5.74, 6) is 2.20. The smallest absolute Gasteiger partial charge is 0.257 e. The van der Waals surface area contributed by atoms with Crippen molar-refractivity contribution in [2.75, 3.05) is 24.4 Å². The summed E-state index contributed by atoms with van der Waals surface area (Å²) in [7, 11) is 1.68. The van der Waals surface area contributed by atoms with Crippen LogP contribution in [0.25, 0.3) is 0 Å². The third-order valence-corrected chi connectivity index (χ3v) is 6.54. The summed E-state index contributed by atoms with van der Waals surface area (Å²) in [6.45, 7) is 2.56. The summed E-state index contributed by atoms with van der Waals surface area (Å²) in [4.78, 5) is 13.3. The van der Waals surface area contributed by atoms with Crippen LogP contribution < -0.4 is 20.1 Å². The molecule has 2 aliphatic rings. The fraction of sp³-hybridized carbons (Fsp3) is 0.250. The van der Waals surface area contributed by atoms with E-state index in [1.807, 2.05) is 55.5 Å². The molecule has 0 aromatic heterocycles. The van der Waals surface area contributed by atoms with Crippen LogP contribution in [-0.4, -0.2) is 19.6 Å². The molecule has 5 heteroatoms. The van der Waals surface area contributed by atoms with Crippen molar-refractivity contribution in [2.45, 2.75) is 25.3 Å². The maximum atomic E-state index is 13.3. The van der Waals surface area contributed by atoms with E-state index in [-0.39, 0.29) is 17.9 Å². The van der Waals surface area contributed by atoms with Crippen molar-refractivity contribution in [3.63, 3.8) is 0 Å². The molecule has 0 radical (unpaired) electrons. The normalized spacial score (nSPS) is 20.4. The van der Waals surface area contributed by atoms with E-state index in [4.69, 9.17) is 9.47 Å². The van der Waals surface area contributed by atoms with Crippen LogP contribution in [0, 0.1) is 5.92 Å². The van der Waals surface area contributed by atoms with Crippen molar-refractivity contribution in [1.29, 1.82) is 0 Å². The Kier molecular flexibility index (Phi) is 5.78. The molecule has 1 amide bonds. The van der Waals surface area contributed by atoms with Gasteiger partial charge in [-0.25, -0.2) is 0 Å². The Balaban J connectivity index is 1.45. The van der Waals surface area contributed by atoms with Crippen LogP contribution >= 0.6 is 0 Å². The molecule has 2 N–H and O–H groups in total. The van der Waals surface area contributed by atoms with Gasteiger partial charge in [-0.15, -0.1) is 0 Å². The summed E-state index contributed by atoms with van der Waals surface area (Å²) in [6.07, 6.45) is 5.56. The average Bonchev–Trinajstić information content (AvgIpc) is 3.35. The van der Waals surface area contributed by atoms with E-state index in [1.165, 1.54) is 11.1 Å². The van der Waals surface area contributed by atoms with E-state index in [0.717, 1.165) is 29.3 Å². The number of anilines is 2. The summed E-state index contributed by atoms with van der Waals surface area (Å²) in [6, 6.07) is 21.8. The molecule has 5 nitrogen and oxygen atoms in total. The molecule has 33 heavy (non-hydrogen) atoms. The van der Waals surface area contributed by atoms with Crippen molar-refractivity contribution in [2.24, 2.45) is 5.92 Å². The number of nitrogens with one attached hydrogen (secondary N) is 2. The van der Waals surface area contributed by atoms with Crippen molar-refractivity contribution in [1.82, 2.24) is 0 Å². The first-order valence-electron chi connectivity index (χ1n) is 11.4. The highest BCUT2D eigenvalue weighted by atomic mass is 16.5. The number of methoxy groups -OCH3 is 1. The van der Waals surface area contributed by atoms with Gasteiger partial charge in [-0.2, -0.15) is 0 Å². The standard InChI is InChI=1S/C28H28N2O3/c1-3-33-21-16-12-19(13-17-21)29-28(31)25-9-5-8-24-22-6-4-7-23(22)26(30-27(24)25)18-10-14-20(32-2)15-11-18/h4-6,8-17,22-23,26,30H,3,7H2,1-2H3,(H,29,31). The molecule has 0 spiro atoms. The van der Waals surface area contributed by atoms with Gasteiger partial charge in [0.15, 0.2) is 0 Å². The molecule has 0 saturated heterocycles. The number of hydrogen-bond donors (Lipinski definition) is 2. The fourth-order valence-corrected chi connectivity index (χ4v) is 4.95. The number of rotatable bonds is 6. The first-order valence-corrected chi connectivity index (χ1v) is 11.4. The highest BCUT2D eigenvalue weighted by Gasteiger charge is 2.39. The number of hydrogen-bond acceptors (Lipinski definition) is 4. The van der Waals surface area contributed by atoms with E-state index >= 15 is 0 Å². The number of amides is 1. The van der Waals surface area contributed by atoms with Crippen LogP contribution in [-0.2, 0) is 0 Å². The maximum absolute atomic E-state index is 13.3. The predicted octanol–water partition coefficient (Wildman–Crippen LogP) is 6.17.